The molecular formula is C17H18N2O6. The quantitative estimate of drug-likeness (QED) is 0.364. The predicted molar refractivity (Wildman–Crippen MR) is 88.4 cm³/mol. The summed E-state index contributed by atoms with van der Waals surface area (Å²) < 4.78 is 9.76. The predicted octanol–water partition coefficient (Wildman–Crippen LogP) is 2.18. The zero-order chi connectivity index (χ0) is 18.6. The molecule has 25 heavy (non-hydrogen) atoms. The number of nitrogens with one attached hydrogen (secondary N) is 1. The van der Waals surface area contributed by atoms with Crippen molar-refractivity contribution in [2.45, 2.75) is 19.8 Å². The monoisotopic (exact) mass is 346 g/mol. The third kappa shape index (κ3) is 3.68. The lowest BCUT2D eigenvalue weighted by Crippen LogP contribution is -2.30. The Morgan fingerprint density at radius 3 is 2.68 bits per heavy atom. The van der Waals surface area contributed by atoms with E-state index in [4.69, 9.17) is 9.47 Å². The van der Waals surface area contributed by atoms with E-state index in [2.05, 4.69) is 5.32 Å². The second kappa shape index (κ2) is 7.61. The maximum absolute atomic E-state index is 12.3. The van der Waals surface area contributed by atoms with Crippen molar-refractivity contribution in [3.8, 4) is 0 Å². The van der Waals surface area contributed by atoms with Crippen molar-refractivity contribution in [1.29, 1.82) is 0 Å². The van der Waals surface area contributed by atoms with Gasteiger partial charge < -0.3 is 14.8 Å². The number of methoxy groups -OCH3 is 1. The largest absolute Gasteiger partial charge is 0.466 e. The Bertz CT molecular complexity index is 781. The van der Waals surface area contributed by atoms with Gasteiger partial charge in [-0.1, -0.05) is 12.1 Å². The maximum atomic E-state index is 12.3. The van der Waals surface area contributed by atoms with Crippen LogP contribution < -0.4 is 5.32 Å². The zero-order valence-electron chi connectivity index (χ0n) is 14.1. The number of dihydropyridines is 1. The van der Waals surface area contributed by atoms with E-state index >= 15 is 0 Å². The molecule has 2 rings (SSSR count). The van der Waals surface area contributed by atoms with E-state index in [1.54, 1.807) is 26.0 Å². The fourth-order valence-electron chi connectivity index (χ4n) is 2.92. The van der Waals surface area contributed by atoms with E-state index < -0.39 is 16.8 Å². The number of benzene rings is 1. The van der Waals surface area contributed by atoms with E-state index in [-0.39, 0.29) is 12.3 Å². The summed E-state index contributed by atoms with van der Waals surface area (Å²) in [5.41, 5.74) is 2.68. The fraction of sp³-hybridized carbons (Fsp3) is 0.294. The van der Waals surface area contributed by atoms with Crippen LogP contribution in [0.5, 0.6) is 0 Å². The summed E-state index contributed by atoms with van der Waals surface area (Å²) in [7, 11) is 1.26. The molecule has 8 nitrogen and oxygen atoms in total. The summed E-state index contributed by atoms with van der Waals surface area (Å²) in [5.74, 6) is -1.17. The number of hydrogen-bond donors (Lipinski definition) is 1. The van der Waals surface area contributed by atoms with Crippen LogP contribution in [0.25, 0.3) is 0 Å². The van der Waals surface area contributed by atoms with Gasteiger partial charge in [0.1, 0.15) is 6.61 Å². The van der Waals surface area contributed by atoms with Crippen LogP contribution in [0.15, 0.2) is 46.8 Å². The lowest BCUT2D eigenvalue weighted by molar-refractivity contribution is -0.384. The molecule has 1 N–H and O–H groups in total. The molecular weight excluding hydrogens is 328 g/mol. The Hall–Kier alpha value is -3.16. The van der Waals surface area contributed by atoms with E-state index in [0.29, 0.717) is 34.6 Å². The molecule has 1 unspecified atom stereocenters. The third-order valence-electron chi connectivity index (χ3n) is 4.02. The molecule has 1 atom stereocenters. The van der Waals surface area contributed by atoms with Gasteiger partial charge in [-0.05, 0) is 25.0 Å². The highest BCUT2D eigenvalue weighted by Gasteiger charge is 2.34. The minimum absolute atomic E-state index is 0.0521. The molecule has 8 heteroatoms. The number of ether oxygens (including phenoxy) is 2. The zero-order valence-corrected chi connectivity index (χ0v) is 14.1. The van der Waals surface area contributed by atoms with E-state index in [1.807, 2.05) is 0 Å². The Kier molecular flexibility index (Phi) is 5.53. The minimum Gasteiger partial charge on any atom is -0.466 e. The smallest absolute Gasteiger partial charge is 0.336 e. The van der Waals surface area contributed by atoms with Gasteiger partial charge in [0.2, 0.25) is 0 Å². The van der Waals surface area contributed by atoms with E-state index in [9.17, 15) is 19.7 Å². The first-order valence-corrected chi connectivity index (χ1v) is 7.46. The fourth-order valence-corrected chi connectivity index (χ4v) is 2.92. The number of carbonyl (C=O) groups is 2. The van der Waals surface area contributed by atoms with Gasteiger partial charge in [0.25, 0.3) is 12.2 Å². The number of non-ortho nitro benzene ring substituents is 1. The van der Waals surface area contributed by atoms with Crippen LogP contribution in [0.1, 0.15) is 25.3 Å². The summed E-state index contributed by atoms with van der Waals surface area (Å²) >= 11 is 0. The second-order valence-corrected chi connectivity index (χ2v) is 5.50. The second-order valence-electron chi connectivity index (χ2n) is 5.50. The first kappa shape index (κ1) is 18.2. The molecule has 1 aromatic rings. The van der Waals surface area contributed by atoms with Gasteiger partial charge in [-0.2, -0.15) is 0 Å². The first-order chi connectivity index (χ1) is 11.9. The lowest BCUT2D eigenvalue weighted by atomic mass is 9.80. The van der Waals surface area contributed by atoms with Crippen LogP contribution in [-0.2, 0) is 19.1 Å². The van der Waals surface area contributed by atoms with Crippen LogP contribution in [-0.4, -0.2) is 31.1 Å². The summed E-state index contributed by atoms with van der Waals surface area (Å²) in [5, 5.41) is 14.2. The van der Waals surface area contributed by atoms with Gasteiger partial charge >= 0.3 is 5.97 Å². The van der Waals surface area contributed by atoms with E-state index in [1.165, 1.54) is 19.2 Å². The molecule has 0 bridgehead atoms. The van der Waals surface area contributed by atoms with Gasteiger partial charge in [0.05, 0.1) is 17.6 Å². The molecule has 0 saturated heterocycles. The van der Waals surface area contributed by atoms with Crippen molar-refractivity contribution in [2.75, 3.05) is 13.7 Å². The maximum Gasteiger partial charge on any atom is 0.336 e. The Labute approximate surface area is 144 Å². The molecule has 0 amide bonds. The van der Waals surface area contributed by atoms with Crippen molar-refractivity contribution in [3.63, 3.8) is 0 Å². The topological polar surface area (TPSA) is 108 Å². The van der Waals surface area contributed by atoms with Crippen molar-refractivity contribution in [1.82, 2.24) is 5.32 Å². The number of hydrogen-bond acceptors (Lipinski definition) is 7. The normalized spacial score (nSPS) is 17.0. The molecule has 0 saturated carbocycles. The number of nitrogens with zero attached hydrogens (tertiary/aromatic N) is 1. The third-order valence-corrected chi connectivity index (χ3v) is 4.02. The Balaban J connectivity index is 2.63. The molecule has 0 radical (unpaired) electrons. The molecule has 1 aliphatic rings. The van der Waals surface area contributed by atoms with Crippen LogP contribution >= 0.6 is 0 Å². The number of nitro benzene ring substituents is 1. The van der Waals surface area contributed by atoms with Gasteiger partial charge in [0.15, 0.2) is 0 Å². The van der Waals surface area contributed by atoms with Gasteiger partial charge in [-0.3, -0.25) is 14.9 Å². The van der Waals surface area contributed by atoms with Crippen molar-refractivity contribution in [3.05, 3.63) is 62.5 Å². The van der Waals surface area contributed by atoms with Crippen LogP contribution in [0.3, 0.4) is 0 Å². The highest BCUT2D eigenvalue weighted by molar-refractivity contribution is 5.92. The SMILES string of the molecule is COC(=O)C1=C(C)NC(C)=C(COC=O)C1c1cccc([N+](=O)[O-])c1. The standard InChI is InChI=1S/C17H18N2O6/c1-10-14(8-25-9-20)16(15(11(2)18-10)17(21)24-3)12-5-4-6-13(7-12)19(22)23/h4-7,9,16,18H,8H2,1-3H3. The van der Waals surface area contributed by atoms with Crippen molar-refractivity contribution >= 4 is 18.1 Å². The van der Waals surface area contributed by atoms with Crippen molar-refractivity contribution in [2.24, 2.45) is 0 Å². The molecule has 0 spiro atoms. The van der Waals surface area contributed by atoms with Crippen LogP contribution in [0.2, 0.25) is 0 Å². The molecule has 0 fully saturated rings. The number of nitro groups is 1. The van der Waals surface area contributed by atoms with Gasteiger partial charge in [-0.15, -0.1) is 0 Å². The average Bonchev–Trinajstić information content (AvgIpc) is 2.59. The highest BCUT2D eigenvalue weighted by atomic mass is 16.6. The van der Waals surface area contributed by atoms with Crippen LogP contribution in [0, 0.1) is 10.1 Å². The lowest BCUT2D eigenvalue weighted by Gasteiger charge is -2.30. The molecule has 1 heterocycles. The number of rotatable bonds is 6. The number of esters is 1. The molecule has 1 aliphatic heterocycles. The summed E-state index contributed by atoms with van der Waals surface area (Å²) in [4.78, 5) is 33.5. The average molecular weight is 346 g/mol. The van der Waals surface area contributed by atoms with Gasteiger partial charge in [0, 0.05) is 29.4 Å². The Morgan fingerprint density at radius 2 is 2.08 bits per heavy atom. The molecule has 0 aliphatic carbocycles. The van der Waals surface area contributed by atoms with E-state index in [0.717, 1.165) is 0 Å². The number of carbonyl (C=O) groups excluding carboxylic acids is 2. The highest BCUT2D eigenvalue weighted by Crippen LogP contribution is 2.39. The summed E-state index contributed by atoms with van der Waals surface area (Å²) in [6, 6.07) is 6.01. The van der Waals surface area contributed by atoms with Crippen molar-refractivity contribution < 1.29 is 24.0 Å². The molecule has 132 valence electrons. The van der Waals surface area contributed by atoms with Crippen LogP contribution in [0.4, 0.5) is 5.69 Å². The summed E-state index contributed by atoms with van der Waals surface area (Å²) in [6.45, 7) is 3.76. The first-order valence-electron chi connectivity index (χ1n) is 7.46. The van der Waals surface area contributed by atoms with Gasteiger partial charge in [-0.25, -0.2) is 4.79 Å². The number of allylic oxidation sites excluding steroid dienone is 2. The Morgan fingerprint density at radius 1 is 1.36 bits per heavy atom. The summed E-state index contributed by atoms with van der Waals surface area (Å²) in [6.07, 6.45) is 0. The minimum atomic E-state index is -0.617. The molecule has 1 aromatic carbocycles. The molecule has 0 aromatic heterocycles.